The molecule has 1 aromatic rings. The monoisotopic (exact) mass is 177 g/mol. The Kier molecular flexibility index (Phi) is 3.38. The van der Waals surface area contributed by atoms with E-state index in [2.05, 4.69) is 11.9 Å². The van der Waals surface area contributed by atoms with Crippen molar-refractivity contribution in [3.63, 3.8) is 0 Å². The third kappa shape index (κ3) is 2.02. The largest absolute Gasteiger partial charge is 0.496 e. The molecule has 0 fully saturated rings. The molecule has 0 aliphatic heterocycles. The van der Waals surface area contributed by atoms with Crippen LogP contribution in [0.4, 0.5) is 5.69 Å². The van der Waals surface area contributed by atoms with Crippen LogP contribution in [0.1, 0.15) is 5.56 Å². The van der Waals surface area contributed by atoms with E-state index in [9.17, 15) is 0 Å². The normalized spacial score (nSPS) is 9.38. The summed E-state index contributed by atoms with van der Waals surface area (Å²) >= 11 is 0. The van der Waals surface area contributed by atoms with Gasteiger partial charge in [-0.15, -0.1) is 6.58 Å². The lowest BCUT2D eigenvalue weighted by molar-refractivity contribution is 0.411. The predicted molar refractivity (Wildman–Crippen MR) is 56.4 cm³/mol. The summed E-state index contributed by atoms with van der Waals surface area (Å²) in [6, 6.07) is 5.96. The van der Waals surface area contributed by atoms with Gasteiger partial charge in [0, 0.05) is 18.3 Å². The van der Waals surface area contributed by atoms with Gasteiger partial charge in [-0.25, -0.2) is 0 Å². The van der Waals surface area contributed by atoms with Gasteiger partial charge in [0.2, 0.25) is 0 Å². The van der Waals surface area contributed by atoms with Crippen LogP contribution in [0, 0.1) is 0 Å². The van der Waals surface area contributed by atoms with Crippen molar-refractivity contribution in [3.8, 4) is 5.75 Å². The Hall–Kier alpha value is -1.44. The Morgan fingerprint density at radius 3 is 2.85 bits per heavy atom. The highest BCUT2D eigenvalue weighted by Gasteiger charge is 2.04. The van der Waals surface area contributed by atoms with Crippen LogP contribution < -0.4 is 10.1 Å². The molecule has 0 radical (unpaired) electrons. The van der Waals surface area contributed by atoms with Gasteiger partial charge < -0.3 is 10.1 Å². The number of ether oxygens (including phenoxy) is 1. The summed E-state index contributed by atoms with van der Waals surface area (Å²) in [4.78, 5) is 0. The highest BCUT2D eigenvalue weighted by Crippen LogP contribution is 2.26. The van der Waals surface area contributed by atoms with E-state index in [-0.39, 0.29) is 0 Å². The molecule has 0 aliphatic rings. The van der Waals surface area contributed by atoms with Crippen LogP contribution >= 0.6 is 0 Å². The molecule has 70 valence electrons. The van der Waals surface area contributed by atoms with Crippen LogP contribution in [-0.2, 0) is 6.42 Å². The zero-order chi connectivity index (χ0) is 9.68. The summed E-state index contributed by atoms with van der Waals surface area (Å²) in [6.07, 6.45) is 2.69. The summed E-state index contributed by atoms with van der Waals surface area (Å²) < 4.78 is 5.25. The SMILES string of the molecule is C=CCc1c(NC)cccc1OC. The molecule has 1 aromatic carbocycles. The second-order valence-corrected chi connectivity index (χ2v) is 2.73. The molecule has 0 unspecified atom stereocenters. The smallest absolute Gasteiger partial charge is 0.124 e. The van der Waals surface area contributed by atoms with Gasteiger partial charge >= 0.3 is 0 Å². The number of methoxy groups -OCH3 is 1. The first-order chi connectivity index (χ1) is 6.33. The van der Waals surface area contributed by atoms with Crippen molar-refractivity contribution in [3.05, 3.63) is 36.4 Å². The average molecular weight is 177 g/mol. The van der Waals surface area contributed by atoms with E-state index in [0.29, 0.717) is 0 Å². The zero-order valence-electron chi connectivity index (χ0n) is 8.13. The third-order valence-corrected chi connectivity index (χ3v) is 1.97. The number of hydrogen-bond donors (Lipinski definition) is 1. The van der Waals surface area contributed by atoms with Gasteiger partial charge in [-0.05, 0) is 18.6 Å². The Morgan fingerprint density at radius 1 is 1.54 bits per heavy atom. The molecule has 0 saturated heterocycles. The fourth-order valence-corrected chi connectivity index (χ4v) is 1.35. The van der Waals surface area contributed by atoms with Crippen LogP contribution in [0.3, 0.4) is 0 Å². The molecule has 0 bridgehead atoms. The van der Waals surface area contributed by atoms with E-state index in [0.717, 1.165) is 23.4 Å². The molecule has 2 heteroatoms. The molecular weight excluding hydrogens is 162 g/mol. The van der Waals surface area contributed by atoms with Crippen molar-refractivity contribution in [1.82, 2.24) is 0 Å². The maximum absolute atomic E-state index is 5.25. The Morgan fingerprint density at radius 2 is 2.31 bits per heavy atom. The van der Waals surface area contributed by atoms with Gasteiger partial charge in [0.25, 0.3) is 0 Å². The quantitative estimate of drug-likeness (QED) is 0.713. The molecule has 0 heterocycles. The Labute approximate surface area is 79.2 Å². The van der Waals surface area contributed by atoms with Crippen LogP contribution in [0.15, 0.2) is 30.9 Å². The molecule has 1 N–H and O–H groups in total. The van der Waals surface area contributed by atoms with E-state index in [4.69, 9.17) is 4.74 Å². The average Bonchev–Trinajstić information content (AvgIpc) is 2.18. The number of allylic oxidation sites excluding steroid dienone is 1. The molecule has 0 atom stereocenters. The summed E-state index contributed by atoms with van der Waals surface area (Å²) in [5.41, 5.74) is 2.25. The van der Waals surface area contributed by atoms with Gasteiger partial charge in [0.05, 0.1) is 7.11 Å². The predicted octanol–water partition coefficient (Wildman–Crippen LogP) is 2.47. The molecule has 0 amide bonds. The topological polar surface area (TPSA) is 21.3 Å². The van der Waals surface area contributed by atoms with Crippen LogP contribution in [0.2, 0.25) is 0 Å². The van der Waals surface area contributed by atoms with Gasteiger partial charge in [0.1, 0.15) is 5.75 Å². The molecule has 0 aliphatic carbocycles. The summed E-state index contributed by atoms with van der Waals surface area (Å²) in [5, 5.41) is 3.13. The van der Waals surface area contributed by atoms with Crippen molar-refractivity contribution < 1.29 is 4.74 Å². The Bertz CT molecular complexity index is 272. The fraction of sp³-hybridized carbons (Fsp3) is 0.273. The summed E-state index contributed by atoms with van der Waals surface area (Å²) in [6.45, 7) is 3.72. The second-order valence-electron chi connectivity index (χ2n) is 2.73. The van der Waals surface area contributed by atoms with Crippen molar-refractivity contribution in [2.75, 3.05) is 19.5 Å². The maximum atomic E-state index is 5.25. The number of nitrogens with one attached hydrogen (secondary N) is 1. The van der Waals surface area contributed by atoms with E-state index < -0.39 is 0 Å². The summed E-state index contributed by atoms with van der Waals surface area (Å²) in [7, 11) is 3.59. The number of benzene rings is 1. The molecule has 1 rings (SSSR count). The van der Waals surface area contributed by atoms with Gasteiger partial charge in [-0.1, -0.05) is 12.1 Å². The lowest BCUT2D eigenvalue weighted by Gasteiger charge is -2.11. The van der Waals surface area contributed by atoms with E-state index >= 15 is 0 Å². The molecule has 13 heavy (non-hydrogen) atoms. The Balaban J connectivity index is 3.12. The van der Waals surface area contributed by atoms with Crippen LogP contribution in [0.5, 0.6) is 5.75 Å². The van der Waals surface area contributed by atoms with Crippen molar-refractivity contribution in [2.45, 2.75) is 6.42 Å². The summed E-state index contributed by atoms with van der Waals surface area (Å²) in [5.74, 6) is 0.909. The van der Waals surface area contributed by atoms with Crippen molar-refractivity contribution in [2.24, 2.45) is 0 Å². The molecule has 0 aromatic heterocycles. The minimum atomic E-state index is 0.820. The molecule has 0 saturated carbocycles. The van der Waals surface area contributed by atoms with Crippen molar-refractivity contribution >= 4 is 5.69 Å². The number of hydrogen-bond acceptors (Lipinski definition) is 2. The second kappa shape index (κ2) is 4.55. The first-order valence-electron chi connectivity index (χ1n) is 4.28. The molecular formula is C11H15NO. The lowest BCUT2D eigenvalue weighted by Crippen LogP contribution is -1.97. The first kappa shape index (κ1) is 9.65. The van der Waals surface area contributed by atoms with Gasteiger partial charge in [-0.3, -0.25) is 0 Å². The third-order valence-electron chi connectivity index (χ3n) is 1.97. The lowest BCUT2D eigenvalue weighted by atomic mass is 10.1. The van der Waals surface area contributed by atoms with Gasteiger partial charge in [-0.2, -0.15) is 0 Å². The van der Waals surface area contributed by atoms with E-state index in [1.807, 2.05) is 31.3 Å². The van der Waals surface area contributed by atoms with Crippen LogP contribution in [0.25, 0.3) is 0 Å². The number of anilines is 1. The standard InChI is InChI=1S/C11H15NO/c1-4-6-9-10(12-2)7-5-8-11(9)13-3/h4-5,7-8,12H,1,6H2,2-3H3. The minimum absolute atomic E-state index is 0.820. The molecule has 2 nitrogen and oxygen atoms in total. The maximum Gasteiger partial charge on any atom is 0.124 e. The first-order valence-corrected chi connectivity index (χ1v) is 4.28. The highest BCUT2D eigenvalue weighted by molar-refractivity contribution is 5.57. The highest BCUT2D eigenvalue weighted by atomic mass is 16.5. The van der Waals surface area contributed by atoms with E-state index in [1.165, 1.54) is 0 Å². The van der Waals surface area contributed by atoms with Crippen LogP contribution in [-0.4, -0.2) is 14.2 Å². The van der Waals surface area contributed by atoms with Gasteiger partial charge in [0.15, 0.2) is 0 Å². The minimum Gasteiger partial charge on any atom is -0.496 e. The number of rotatable bonds is 4. The zero-order valence-corrected chi connectivity index (χ0v) is 8.13. The fourth-order valence-electron chi connectivity index (χ4n) is 1.35. The van der Waals surface area contributed by atoms with Crippen molar-refractivity contribution in [1.29, 1.82) is 0 Å². The van der Waals surface area contributed by atoms with E-state index in [1.54, 1.807) is 7.11 Å². The molecule has 0 spiro atoms.